The summed E-state index contributed by atoms with van der Waals surface area (Å²) in [6.07, 6.45) is 0. The predicted molar refractivity (Wildman–Crippen MR) is 90.2 cm³/mol. The number of carbonyl (C=O) groups is 3. The normalized spacial score (nSPS) is 12.4. The summed E-state index contributed by atoms with van der Waals surface area (Å²) in [4.78, 5) is 40.4. The number of esters is 1. The van der Waals surface area contributed by atoms with Gasteiger partial charge in [-0.25, -0.2) is 9.78 Å². The molecule has 1 aromatic rings. The number of carboxylic acid groups (broad SMARTS) is 1. The number of carboxylic acids is 1. The summed E-state index contributed by atoms with van der Waals surface area (Å²) in [5.74, 6) is -2.03. The van der Waals surface area contributed by atoms with E-state index in [-0.39, 0.29) is 19.1 Å². The van der Waals surface area contributed by atoms with Crippen LogP contribution in [0.1, 0.15) is 33.4 Å². The van der Waals surface area contributed by atoms with Gasteiger partial charge in [-0.05, 0) is 20.8 Å². The van der Waals surface area contributed by atoms with Gasteiger partial charge in [-0.15, -0.1) is 11.3 Å². The van der Waals surface area contributed by atoms with Crippen LogP contribution in [0.25, 0.3) is 0 Å². The average molecular weight is 357 g/mol. The molecule has 0 aliphatic carbocycles. The van der Waals surface area contributed by atoms with Gasteiger partial charge in [0.25, 0.3) is 0 Å². The summed E-state index contributed by atoms with van der Waals surface area (Å²) < 4.78 is 5.03. The number of nitrogens with zero attached hydrogens (tertiary/aromatic N) is 2. The average Bonchev–Trinajstić information content (AvgIpc) is 2.96. The van der Waals surface area contributed by atoms with E-state index in [1.165, 1.54) is 30.2 Å². The van der Waals surface area contributed by atoms with Crippen molar-refractivity contribution in [1.82, 2.24) is 9.88 Å². The van der Waals surface area contributed by atoms with Gasteiger partial charge in [0.2, 0.25) is 0 Å². The minimum Gasteiger partial charge on any atom is -0.481 e. The lowest BCUT2D eigenvalue weighted by Gasteiger charge is -2.20. The Morgan fingerprint density at radius 3 is 2.62 bits per heavy atom. The summed E-state index contributed by atoms with van der Waals surface area (Å²) >= 11 is 1.19. The van der Waals surface area contributed by atoms with Gasteiger partial charge >= 0.3 is 18.0 Å². The van der Waals surface area contributed by atoms with Crippen LogP contribution in [0.3, 0.4) is 0 Å². The first-order valence-electron chi connectivity index (χ1n) is 7.47. The van der Waals surface area contributed by atoms with E-state index in [4.69, 9.17) is 9.84 Å². The fraction of sp³-hybridized carbons (Fsp3) is 0.600. The zero-order chi connectivity index (χ0) is 18.5. The minimum absolute atomic E-state index is 0.0771. The van der Waals surface area contributed by atoms with Crippen molar-refractivity contribution >= 4 is 34.4 Å². The van der Waals surface area contributed by atoms with Gasteiger partial charge in [0.1, 0.15) is 5.41 Å². The number of nitrogens with one attached hydrogen (secondary N) is 1. The number of carbonyl (C=O) groups excluding carboxylic acids is 2. The van der Waals surface area contributed by atoms with E-state index in [2.05, 4.69) is 10.3 Å². The number of amides is 2. The summed E-state index contributed by atoms with van der Waals surface area (Å²) in [5, 5.41) is 13.5. The van der Waals surface area contributed by atoms with E-state index >= 15 is 0 Å². The van der Waals surface area contributed by atoms with Crippen molar-refractivity contribution in [3.63, 3.8) is 0 Å². The number of anilines is 1. The van der Waals surface area contributed by atoms with Gasteiger partial charge in [0.05, 0.1) is 18.2 Å². The quantitative estimate of drug-likeness (QED) is 0.724. The van der Waals surface area contributed by atoms with Crippen LogP contribution in [0.5, 0.6) is 0 Å². The molecule has 0 saturated heterocycles. The van der Waals surface area contributed by atoms with E-state index in [9.17, 15) is 14.4 Å². The molecule has 0 aliphatic rings. The third-order valence-electron chi connectivity index (χ3n) is 3.46. The van der Waals surface area contributed by atoms with Crippen molar-refractivity contribution in [2.24, 2.45) is 5.92 Å². The second-order valence-electron chi connectivity index (χ2n) is 5.93. The summed E-state index contributed by atoms with van der Waals surface area (Å²) in [6, 6.07) is -0.460. The van der Waals surface area contributed by atoms with Gasteiger partial charge in [0.15, 0.2) is 5.13 Å². The molecule has 24 heavy (non-hydrogen) atoms. The van der Waals surface area contributed by atoms with Gasteiger partial charge in [0, 0.05) is 19.0 Å². The largest absolute Gasteiger partial charge is 0.481 e. The Kier molecular flexibility index (Phi) is 6.70. The highest BCUT2D eigenvalue weighted by atomic mass is 32.1. The molecular weight excluding hydrogens is 334 g/mol. The van der Waals surface area contributed by atoms with Crippen molar-refractivity contribution < 1.29 is 24.2 Å². The standard InChI is InChI=1S/C15H23N3O5S/c1-6-23-12(21)15(3,4)10-8-24-13(16-10)17-14(22)18(5)7-9(2)11(19)20/h8-9H,6-7H2,1-5H3,(H,19,20)(H,16,17,22). The monoisotopic (exact) mass is 357 g/mol. The molecule has 0 spiro atoms. The molecule has 0 radical (unpaired) electrons. The van der Waals surface area contributed by atoms with Crippen LogP contribution in [0.4, 0.5) is 9.93 Å². The van der Waals surface area contributed by atoms with Gasteiger partial charge in [-0.3, -0.25) is 14.9 Å². The zero-order valence-corrected chi connectivity index (χ0v) is 15.3. The molecule has 8 nitrogen and oxygen atoms in total. The lowest BCUT2D eigenvalue weighted by atomic mass is 9.90. The fourth-order valence-corrected chi connectivity index (χ4v) is 2.66. The van der Waals surface area contributed by atoms with Crippen LogP contribution in [-0.2, 0) is 19.7 Å². The number of aromatic nitrogens is 1. The third-order valence-corrected chi connectivity index (χ3v) is 4.22. The van der Waals surface area contributed by atoms with Crippen LogP contribution >= 0.6 is 11.3 Å². The van der Waals surface area contributed by atoms with Crippen LogP contribution in [-0.4, -0.2) is 53.2 Å². The Bertz CT molecular complexity index is 614. The van der Waals surface area contributed by atoms with Crippen LogP contribution in [0.2, 0.25) is 0 Å². The van der Waals surface area contributed by atoms with Crippen molar-refractivity contribution in [2.75, 3.05) is 25.5 Å². The molecule has 0 bridgehead atoms. The maximum Gasteiger partial charge on any atom is 0.323 e. The molecule has 9 heteroatoms. The Labute approximate surface area is 144 Å². The number of thiazole rings is 1. The molecule has 2 amide bonds. The molecule has 1 aromatic heterocycles. The smallest absolute Gasteiger partial charge is 0.323 e. The van der Waals surface area contributed by atoms with E-state index in [1.54, 1.807) is 26.2 Å². The van der Waals surface area contributed by atoms with Gasteiger partial charge in [-0.2, -0.15) is 0 Å². The van der Waals surface area contributed by atoms with Crippen molar-refractivity contribution in [3.05, 3.63) is 11.1 Å². The topological polar surface area (TPSA) is 109 Å². The highest BCUT2D eigenvalue weighted by Gasteiger charge is 2.34. The molecule has 1 atom stereocenters. The van der Waals surface area contributed by atoms with Crippen molar-refractivity contribution in [2.45, 2.75) is 33.1 Å². The lowest BCUT2D eigenvalue weighted by Crippen LogP contribution is -2.36. The fourth-order valence-electron chi connectivity index (χ4n) is 1.79. The molecule has 0 saturated carbocycles. The predicted octanol–water partition coefficient (Wildman–Crippen LogP) is 2.17. The lowest BCUT2D eigenvalue weighted by molar-refractivity contribution is -0.149. The highest BCUT2D eigenvalue weighted by Crippen LogP contribution is 2.28. The van der Waals surface area contributed by atoms with Gasteiger partial charge in [-0.1, -0.05) is 6.92 Å². The maximum atomic E-state index is 12.1. The summed E-state index contributed by atoms with van der Waals surface area (Å²) in [7, 11) is 1.51. The zero-order valence-electron chi connectivity index (χ0n) is 14.5. The molecule has 1 unspecified atom stereocenters. The summed E-state index contributed by atoms with van der Waals surface area (Å²) in [6.45, 7) is 7.01. The molecule has 1 heterocycles. The van der Waals surface area contributed by atoms with Crippen molar-refractivity contribution in [1.29, 1.82) is 0 Å². The number of rotatable bonds is 7. The molecule has 0 aliphatic heterocycles. The molecule has 2 N–H and O–H groups in total. The number of urea groups is 1. The highest BCUT2D eigenvalue weighted by molar-refractivity contribution is 7.14. The van der Waals surface area contributed by atoms with Crippen LogP contribution in [0.15, 0.2) is 5.38 Å². The molecule has 134 valence electrons. The van der Waals surface area contributed by atoms with Crippen LogP contribution in [0, 0.1) is 5.92 Å². The number of hydrogen-bond acceptors (Lipinski definition) is 6. The third kappa shape index (κ3) is 4.92. The Balaban J connectivity index is 2.74. The number of aliphatic carboxylic acids is 1. The molecule has 1 rings (SSSR count). The Hall–Kier alpha value is -2.16. The first kappa shape index (κ1) is 19.9. The Morgan fingerprint density at radius 1 is 1.46 bits per heavy atom. The molecular formula is C15H23N3O5S. The van der Waals surface area contributed by atoms with E-state index in [0.29, 0.717) is 10.8 Å². The first-order chi connectivity index (χ1) is 11.1. The van der Waals surface area contributed by atoms with Crippen LogP contribution < -0.4 is 5.32 Å². The van der Waals surface area contributed by atoms with E-state index in [1.807, 2.05) is 0 Å². The summed E-state index contributed by atoms with van der Waals surface area (Å²) in [5.41, 5.74) is -0.415. The second kappa shape index (κ2) is 8.09. The number of ether oxygens (including phenoxy) is 1. The SMILES string of the molecule is CCOC(=O)C(C)(C)c1csc(NC(=O)N(C)CC(C)C(=O)O)n1. The molecule has 0 fully saturated rings. The second-order valence-corrected chi connectivity index (χ2v) is 6.79. The van der Waals surface area contributed by atoms with E-state index < -0.39 is 23.3 Å². The number of hydrogen-bond donors (Lipinski definition) is 2. The minimum atomic E-state index is -0.970. The van der Waals surface area contributed by atoms with Crippen molar-refractivity contribution in [3.8, 4) is 0 Å². The maximum absolute atomic E-state index is 12.1. The molecule has 0 aromatic carbocycles. The first-order valence-corrected chi connectivity index (χ1v) is 8.35. The van der Waals surface area contributed by atoms with E-state index in [0.717, 1.165) is 0 Å². The van der Waals surface area contributed by atoms with Gasteiger partial charge < -0.3 is 14.7 Å². The Morgan fingerprint density at radius 2 is 2.08 bits per heavy atom.